The maximum Gasteiger partial charge on any atom is 0.218 e. The number of hydrogen-bond acceptors (Lipinski definition) is 2. The summed E-state index contributed by atoms with van der Waals surface area (Å²) in [5.74, 6) is 1.27. The van der Waals surface area contributed by atoms with Gasteiger partial charge in [0.15, 0.2) is 0 Å². The van der Waals surface area contributed by atoms with Gasteiger partial charge in [-0.15, -0.1) is 0 Å². The van der Waals surface area contributed by atoms with E-state index in [4.69, 9.17) is 9.15 Å². The van der Waals surface area contributed by atoms with E-state index in [0.29, 0.717) is 0 Å². The molecule has 3 nitrogen and oxygen atoms in total. The van der Waals surface area contributed by atoms with Crippen molar-refractivity contribution in [2.75, 3.05) is 7.11 Å². The molecule has 4 rings (SSSR count). The summed E-state index contributed by atoms with van der Waals surface area (Å²) in [6, 6.07) is 22.3. The maximum absolute atomic E-state index is 13.3. The Morgan fingerprint density at radius 3 is 2.36 bits per heavy atom. The van der Waals surface area contributed by atoms with Crippen molar-refractivity contribution in [1.82, 2.24) is 0 Å². The molecule has 0 amide bonds. The fraction of sp³-hybridized carbons (Fsp3) is 0.125. The number of halogens is 1. The first-order valence-electron chi connectivity index (χ1n) is 9.23. The lowest BCUT2D eigenvalue weighted by Crippen LogP contribution is -2.70. The molecule has 0 saturated heterocycles. The molecule has 1 heterocycles. The third kappa shape index (κ3) is 3.67. The van der Waals surface area contributed by atoms with Crippen molar-refractivity contribution in [3.63, 3.8) is 0 Å². The Morgan fingerprint density at radius 2 is 1.68 bits per heavy atom. The molecular formula is C24H21FNO2+. The summed E-state index contributed by atoms with van der Waals surface area (Å²) in [6.45, 7) is 2.12. The van der Waals surface area contributed by atoms with Crippen LogP contribution in [0.15, 0.2) is 77.2 Å². The van der Waals surface area contributed by atoms with Crippen LogP contribution in [0.2, 0.25) is 0 Å². The van der Waals surface area contributed by atoms with E-state index in [1.54, 1.807) is 19.2 Å². The maximum atomic E-state index is 13.3. The molecule has 3 aromatic carbocycles. The first-order valence-corrected chi connectivity index (χ1v) is 9.23. The first-order chi connectivity index (χ1) is 13.7. The molecule has 28 heavy (non-hydrogen) atoms. The van der Waals surface area contributed by atoms with Crippen LogP contribution in [0, 0.1) is 5.82 Å². The molecule has 0 bridgehead atoms. The lowest BCUT2D eigenvalue weighted by atomic mass is 10.1. The van der Waals surface area contributed by atoms with E-state index in [1.807, 2.05) is 36.4 Å². The van der Waals surface area contributed by atoms with Crippen LogP contribution in [-0.2, 0) is 6.42 Å². The van der Waals surface area contributed by atoms with Crippen LogP contribution < -0.4 is 15.1 Å². The highest BCUT2D eigenvalue weighted by atomic mass is 19.1. The second-order valence-electron chi connectivity index (χ2n) is 6.57. The molecular weight excluding hydrogens is 353 g/mol. The third-order valence-electron chi connectivity index (χ3n) is 4.74. The molecule has 0 aliphatic heterocycles. The van der Waals surface area contributed by atoms with Gasteiger partial charge in [0, 0.05) is 17.7 Å². The van der Waals surface area contributed by atoms with Crippen LogP contribution in [0.1, 0.15) is 12.5 Å². The van der Waals surface area contributed by atoms with E-state index in [0.717, 1.165) is 45.5 Å². The molecule has 140 valence electrons. The second kappa shape index (κ2) is 7.69. The Morgan fingerprint density at radius 1 is 0.929 bits per heavy atom. The molecule has 0 unspecified atom stereocenters. The summed E-state index contributed by atoms with van der Waals surface area (Å²) in [5, 5.41) is 1.90. The van der Waals surface area contributed by atoms with Gasteiger partial charge in [-0.1, -0.05) is 13.0 Å². The Labute approximate surface area is 162 Å². The zero-order valence-corrected chi connectivity index (χ0v) is 15.8. The quantitative estimate of drug-likeness (QED) is 0.583. The molecule has 0 atom stereocenters. The van der Waals surface area contributed by atoms with E-state index in [2.05, 4.69) is 24.0 Å². The van der Waals surface area contributed by atoms with E-state index < -0.39 is 0 Å². The molecule has 0 fully saturated rings. The van der Waals surface area contributed by atoms with Gasteiger partial charge in [-0.25, -0.2) is 9.38 Å². The fourth-order valence-electron chi connectivity index (χ4n) is 3.14. The number of methoxy groups -OCH3 is 1. The Hall–Kier alpha value is -3.40. The topological polar surface area (TPSA) is 36.3 Å². The second-order valence-corrected chi connectivity index (χ2v) is 6.57. The number of hydrogen-bond donors (Lipinski definition) is 1. The molecule has 1 aromatic heterocycles. The predicted molar refractivity (Wildman–Crippen MR) is 108 cm³/mol. The van der Waals surface area contributed by atoms with E-state index in [1.165, 1.54) is 17.7 Å². The molecule has 0 saturated carbocycles. The minimum Gasteiger partial charge on any atom is -0.497 e. The van der Waals surface area contributed by atoms with E-state index >= 15 is 0 Å². The summed E-state index contributed by atoms with van der Waals surface area (Å²) in [5.41, 5.74) is 3.78. The van der Waals surface area contributed by atoms with Crippen LogP contribution in [0.25, 0.3) is 22.3 Å². The average molecular weight is 374 g/mol. The first kappa shape index (κ1) is 18.0. The van der Waals surface area contributed by atoms with Crippen molar-refractivity contribution in [3.05, 3.63) is 89.5 Å². The number of rotatable bonds is 4. The van der Waals surface area contributed by atoms with Crippen molar-refractivity contribution in [1.29, 1.82) is 0 Å². The Bertz CT molecular complexity index is 1180. The van der Waals surface area contributed by atoms with Crippen molar-refractivity contribution < 1.29 is 18.5 Å². The minimum absolute atomic E-state index is 0.259. The van der Waals surface area contributed by atoms with Crippen LogP contribution in [0.5, 0.6) is 5.75 Å². The summed E-state index contributed by atoms with van der Waals surface area (Å²) in [6.07, 6.45) is 0.937. The highest BCUT2D eigenvalue weighted by Crippen LogP contribution is 2.24. The largest absolute Gasteiger partial charge is 0.497 e. The summed E-state index contributed by atoms with van der Waals surface area (Å²) >= 11 is 0. The van der Waals surface area contributed by atoms with Gasteiger partial charge < -0.3 is 9.15 Å². The van der Waals surface area contributed by atoms with Gasteiger partial charge in [0.2, 0.25) is 11.0 Å². The highest BCUT2D eigenvalue weighted by Gasteiger charge is 2.11. The van der Waals surface area contributed by atoms with Crippen molar-refractivity contribution >= 4 is 16.7 Å². The van der Waals surface area contributed by atoms with Gasteiger partial charge in [0.05, 0.1) is 18.6 Å². The monoisotopic (exact) mass is 374 g/mol. The molecule has 0 spiro atoms. The standard InChI is InChI=1S/C24H20FNO2/c1-3-16-4-13-23-21(14-16)22(26-19-9-7-18(25)8-10-19)15-24(28-23)17-5-11-20(27-2)12-6-17/h4-15H,3H2,1-2H3/p+1. The van der Waals surface area contributed by atoms with Gasteiger partial charge in [0.25, 0.3) is 0 Å². The Balaban J connectivity index is 1.94. The molecule has 0 radical (unpaired) electrons. The number of nitrogens with one attached hydrogen (secondary N) is 1. The summed E-state index contributed by atoms with van der Waals surface area (Å²) in [7, 11) is 1.64. The molecule has 0 aliphatic carbocycles. The zero-order chi connectivity index (χ0) is 19.5. The molecule has 1 N–H and O–H groups in total. The fourth-order valence-corrected chi connectivity index (χ4v) is 3.14. The van der Waals surface area contributed by atoms with Crippen molar-refractivity contribution in [2.24, 2.45) is 0 Å². The van der Waals surface area contributed by atoms with Crippen molar-refractivity contribution in [2.45, 2.75) is 13.3 Å². The SMILES string of the molecule is CCc1ccc2oc(-c3ccc(OC)cc3)cc(=[NH+]c3ccc(F)cc3)c2c1. The van der Waals surface area contributed by atoms with Gasteiger partial charge in [-0.05, 0) is 60.5 Å². The third-order valence-corrected chi connectivity index (χ3v) is 4.74. The smallest absolute Gasteiger partial charge is 0.218 e. The van der Waals surface area contributed by atoms with E-state index in [9.17, 15) is 4.39 Å². The Kier molecular flexibility index (Phi) is 4.94. The van der Waals surface area contributed by atoms with E-state index in [-0.39, 0.29) is 5.82 Å². The highest BCUT2D eigenvalue weighted by molar-refractivity contribution is 5.79. The van der Waals surface area contributed by atoms with Crippen LogP contribution in [0.4, 0.5) is 10.1 Å². The summed E-state index contributed by atoms with van der Waals surface area (Å²) in [4.78, 5) is 3.41. The molecule has 4 aromatic rings. The number of benzene rings is 3. The minimum atomic E-state index is -0.259. The predicted octanol–water partition coefficient (Wildman–Crippen LogP) is 4.12. The molecule has 4 heteroatoms. The van der Waals surface area contributed by atoms with Gasteiger partial charge in [-0.2, -0.15) is 0 Å². The normalized spacial score (nSPS) is 11.8. The lowest BCUT2D eigenvalue weighted by molar-refractivity contribution is -0.400. The van der Waals surface area contributed by atoms with Crippen LogP contribution in [-0.4, -0.2) is 7.11 Å². The number of ether oxygens (including phenoxy) is 1. The summed E-state index contributed by atoms with van der Waals surface area (Å²) < 4.78 is 24.7. The number of fused-ring (bicyclic) bond motifs is 1. The van der Waals surface area contributed by atoms with Crippen molar-refractivity contribution in [3.8, 4) is 17.1 Å². The molecule has 0 aliphatic rings. The van der Waals surface area contributed by atoms with Gasteiger partial charge >= 0.3 is 0 Å². The number of aryl methyl sites for hydroxylation is 1. The average Bonchev–Trinajstić information content (AvgIpc) is 2.75. The van der Waals surface area contributed by atoms with Crippen LogP contribution >= 0.6 is 0 Å². The zero-order valence-electron chi connectivity index (χ0n) is 15.8. The van der Waals surface area contributed by atoms with Gasteiger partial charge in [-0.3, -0.25) is 0 Å². The van der Waals surface area contributed by atoms with Crippen LogP contribution in [0.3, 0.4) is 0 Å². The lowest BCUT2D eigenvalue weighted by Gasteiger charge is -2.06. The van der Waals surface area contributed by atoms with Gasteiger partial charge in [0.1, 0.15) is 22.9 Å².